The highest BCUT2D eigenvalue weighted by atomic mass is 16.6. The van der Waals surface area contributed by atoms with Gasteiger partial charge in [0.2, 0.25) is 0 Å². The molecular formula is C11H14N2O2. The molecule has 0 aliphatic carbocycles. The molecule has 1 aromatic heterocycles. The molecule has 80 valence electrons. The van der Waals surface area contributed by atoms with Crippen molar-refractivity contribution in [2.45, 2.75) is 26.4 Å². The van der Waals surface area contributed by atoms with Crippen molar-refractivity contribution in [1.82, 2.24) is 4.98 Å². The molecule has 4 heteroatoms. The van der Waals surface area contributed by atoms with Crippen LogP contribution in [0.25, 0.3) is 11.1 Å². The van der Waals surface area contributed by atoms with Gasteiger partial charge in [0.15, 0.2) is 11.5 Å². The van der Waals surface area contributed by atoms with Gasteiger partial charge >= 0.3 is 0 Å². The number of rotatable bonds is 3. The van der Waals surface area contributed by atoms with Crippen LogP contribution in [0.1, 0.15) is 31.2 Å². The van der Waals surface area contributed by atoms with E-state index in [1.807, 2.05) is 18.2 Å². The van der Waals surface area contributed by atoms with Crippen molar-refractivity contribution in [3.05, 3.63) is 29.7 Å². The Kier molecular flexibility index (Phi) is 2.70. The summed E-state index contributed by atoms with van der Waals surface area (Å²) in [6, 6.07) is 5.74. The molecule has 1 heterocycles. The van der Waals surface area contributed by atoms with Crippen LogP contribution in [0.5, 0.6) is 0 Å². The van der Waals surface area contributed by atoms with Gasteiger partial charge in [-0.1, -0.05) is 19.9 Å². The zero-order valence-electron chi connectivity index (χ0n) is 8.86. The van der Waals surface area contributed by atoms with Crippen molar-refractivity contribution >= 4 is 11.1 Å². The van der Waals surface area contributed by atoms with E-state index in [4.69, 9.17) is 10.3 Å². The summed E-state index contributed by atoms with van der Waals surface area (Å²) in [5, 5.41) is 0. The molecule has 0 aliphatic heterocycles. The number of hydrogen-bond donors (Lipinski definition) is 1. The number of hydrogen-bond acceptors (Lipinski definition) is 4. The van der Waals surface area contributed by atoms with Crippen LogP contribution in [0.3, 0.4) is 0 Å². The molecule has 0 saturated carbocycles. The quantitative estimate of drug-likeness (QED) is 0.783. The van der Waals surface area contributed by atoms with Crippen molar-refractivity contribution in [2.75, 3.05) is 0 Å². The van der Waals surface area contributed by atoms with Gasteiger partial charge in [0.1, 0.15) is 5.52 Å². The summed E-state index contributed by atoms with van der Waals surface area (Å²) in [6.07, 6.45) is 0. The van der Waals surface area contributed by atoms with Gasteiger partial charge in [-0.3, -0.25) is 4.84 Å². The number of aromatic nitrogens is 1. The summed E-state index contributed by atoms with van der Waals surface area (Å²) in [6.45, 7) is 4.49. The molecule has 2 N–H and O–H groups in total. The van der Waals surface area contributed by atoms with Crippen LogP contribution in [0, 0.1) is 0 Å². The highest BCUT2D eigenvalue weighted by Crippen LogP contribution is 2.21. The lowest BCUT2D eigenvalue weighted by Gasteiger charge is -1.96. The number of nitrogens with zero attached hydrogens (tertiary/aromatic N) is 1. The van der Waals surface area contributed by atoms with E-state index >= 15 is 0 Å². The van der Waals surface area contributed by atoms with Crippen LogP contribution in [-0.2, 0) is 11.4 Å². The van der Waals surface area contributed by atoms with Gasteiger partial charge in [0.25, 0.3) is 0 Å². The minimum absolute atomic E-state index is 0.298. The smallest absolute Gasteiger partial charge is 0.198 e. The highest BCUT2D eigenvalue weighted by Gasteiger charge is 2.09. The molecule has 4 nitrogen and oxygen atoms in total. The molecule has 0 radical (unpaired) electrons. The fraction of sp³-hybridized carbons (Fsp3) is 0.364. The van der Waals surface area contributed by atoms with Crippen LogP contribution in [-0.4, -0.2) is 4.98 Å². The monoisotopic (exact) mass is 206 g/mol. The van der Waals surface area contributed by atoms with Gasteiger partial charge < -0.3 is 4.42 Å². The molecule has 2 aromatic rings. The Morgan fingerprint density at radius 3 is 2.93 bits per heavy atom. The number of benzene rings is 1. The van der Waals surface area contributed by atoms with Crippen molar-refractivity contribution in [2.24, 2.45) is 5.90 Å². The lowest BCUT2D eigenvalue weighted by atomic mass is 10.2. The highest BCUT2D eigenvalue weighted by molar-refractivity contribution is 5.73. The fourth-order valence-electron chi connectivity index (χ4n) is 1.42. The zero-order chi connectivity index (χ0) is 10.8. The summed E-state index contributed by atoms with van der Waals surface area (Å²) in [4.78, 5) is 8.96. The maximum absolute atomic E-state index is 5.58. The van der Waals surface area contributed by atoms with Gasteiger partial charge in [-0.2, -0.15) is 0 Å². The first-order chi connectivity index (χ1) is 7.20. The van der Waals surface area contributed by atoms with Crippen molar-refractivity contribution in [1.29, 1.82) is 0 Å². The molecule has 0 amide bonds. The fourth-order valence-corrected chi connectivity index (χ4v) is 1.42. The maximum Gasteiger partial charge on any atom is 0.198 e. The summed E-state index contributed by atoms with van der Waals surface area (Å²) in [7, 11) is 0. The molecule has 15 heavy (non-hydrogen) atoms. The van der Waals surface area contributed by atoms with Gasteiger partial charge in [-0.15, -0.1) is 0 Å². The number of fused-ring (bicyclic) bond motifs is 1. The lowest BCUT2D eigenvalue weighted by molar-refractivity contribution is 0.124. The van der Waals surface area contributed by atoms with Crippen molar-refractivity contribution in [3.63, 3.8) is 0 Å². The predicted molar refractivity (Wildman–Crippen MR) is 57.1 cm³/mol. The second kappa shape index (κ2) is 4.00. The first-order valence-corrected chi connectivity index (χ1v) is 4.91. The van der Waals surface area contributed by atoms with Crippen LogP contribution in [0.15, 0.2) is 22.6 Å². The van der Waals surface area contributed by atoms with Crippen molar-refractivity contribution in [3.8, 4) is 0 Å². The third-order valence-electron chi connectivity index (χ3n) is 2.21. The van der Waals surface area contributed by atoms with Crippen LogP contribution < -0.4 is 5.90 Å². The van der Waals surface area contributed by atoms with Gasteiger partial charge in [-0.25, -0.2) is 10.9 Å². The van der Waals surface area contributed by atoms with Gasteiger partial charge in [0.05, 0.1) is 6.61 Å². The Hall–Kier alpha value is -1.39. The summed E-state index contributed by atoms with van der Waals surface area (Å²) < 4.78 is 5.58. The Bertz CT molecular complexity index is 463. The van der Waals surface area contributed by atoms with Gasteiger partial charge in [-0.05, 0) is 17.7 Å². The molecule has 1 aromatic carbocycles. The largest absolute Gasteiger partial charge is 0.440 e. The van der Waals surface area contributed by atoms with E-state index in [1.165, 1.54) is 0 Å². The maximum atomic E-state index is 5.58. The minimum Gasteiger partial charge on any atom is -0.440 e. The topological polar surface area (TPSA) is 61.3 Å². The summed E-state index contributed by atoms with van der Waals surface area (Å²) >= 11 is 0. The van der Waals surface area contributed by atoms with E-state index in [0.717, 1.165) is 22.6 Å². The Morgan fingerprint density at radius 2 is 2.27 bits per heavy atom. The Balaban J connectivity index is 2.43. The molecule has 0 unspecified atom stereocenters. The van der Waals surface area contributed by atoms with E-state index in [-0.39, 0.29) is 0 Å². The molecule has 0 saturated heterocycles. The average molecular weight is 206 g/mol. The minimum atomic E-state index is 0.298. The Labute approximate surface area is 88.0 Å². The first-order valence-electron chi connectivity index (χ1n) is 4.91. The lowest BCUT2D eigenvalue weighted by Crippen LogP contribution is -1.98. The third-order valence-corrected chi connectivity index (χ3v) is 2.21. The first kappa shape index (κ1) is 10.1. The van der Waals surface area contributed by atoms with Crippen molar-refractivity contribution < 1.29 is 9.25 Å². The van der Waals surface area contributed by atoms with Crippen LogP contribution in [0.4, 0.5) is 0 Å². The van der Waals surface area contributed by atoms with E-state index in [9.17, 15) is 0 Å². The van der Waals surface area contributed by atoms with E-state index < -0.39 is 0 Å². The SMILES string of the molecule is CC(C)c1nc2cc(CON)ccc2o1. The van der Waals surface area contributed by atoms with Crippen LogP contribution >= 0.6 is 0 Å². The molecule has 0 spiro atoms. The third kappa shape index (κ3) is 2.00. The van der Waals surface area contributed by atoms with E-state index in [2.05, 4.69) is 23.7 Å². The summed E-state index contributed by atoms with van der Waals surface area (Å²) in [5.74, 6) is 6.07. The summed E-state index contributed by atoms with van der Waals surface area (Å²) in [5.41, 5.74) is 2.65. The second-order valence-corrected chi connectivity index (χ2v) is 3.82. The number of nitrogens with two attached hydrogens (primary N) is 1. The molecule has 0 bridgehead atoms. The second-order valence-electron chi connectivity index (χ2n) is 3.82. The van der Waals surface area contributed by atoms with Gasteiger partial charge in [0, 0.05) is 5.92 Å². The molecule has 0 atom stereocenters. The predicted octanol–water partition coefficient (Wildman–Crippen LogP) is 2.34. The zero-order valence-corrected chi connectivity index (χ0v) is 8.86. The molecule has 0 aliphatic rings. The normalized spacial score (nSPS) is 11.5. The molecular weight excluding hydrogens is 192 g/mol. The Morgan fingerprint density at radius 1 is 1.47 bits per heavy atom. The van der Waals surface area contributed by atoms with Crippen LogP contribution in [0.2, 0.25) is 0 Å². The number of oxazole rings is 1. The molecule has 2 rings (SSSR count). The molecule has 0 fully saturated rings. The van der Waals surface area contributed by atoms with E-state index in [1.54, 1.807) is 0 Å². The standard InChI is InChI=1S/C11H14N2O2/c1-7(2)11-13-9-5-8(6-14-12)3-4-10(9)15-11/h3-5,7H,6,12H2,1-2H3. The average Bonchev–Trinajstić information content (AvgIpc) is 2.61. The van der Waals surface area contributed by atoms with E-state index in [0.29, 0.717) is 12.5 Å².